The van der Waals surface area contributed by atoms with Gasteiger partial charge in [0.05, 0.1) is 27.4 Å². The predicted molar refractivity (Wildman–Crippen MR) is 65.7 cm³/mol. The van der Waals surface area contributed by atoms with E-state index < -0.39 is 0 Å². The van der Waals surface area contributed by atoms with E-state index in [1.807, 2.05) is 18.2 Å². The highest BCUT2D eigenvalue weighted by Crippen LogP contribution is 2.41. The predicted octanol–water partition coefficient (Wildman–Crippen LogP) is 1.32. The monoisotopic (exact) mass is 237 g/mol. The zero-order valence-electron chi connectivity index (χ0n) is 10.4. The first kappa shape index (κ1) is 12.2. The summed E-state index contributed by atoms with van der Waals surface area (Å²) in [6.07, 6.45) is 0.899. The molecule has 1 aromatic carbocycles. The van der Waals surface area contributed by atoms with Gasteiger partial charge < -0.3 is 19.9 Å². The molecule has 2 N–H and O–H groups in total. The molecule has 0 saturated carbocycles. The molecule has 1 aromatic rings. The van der Waals surface area contributed by atoms with Crippen LogP contribution in [0.1, 0.15) is 12.0 Å². The molecule has 4 heteroatoms. The molecule has 0 unspecified atom stereocenters. The molecule has 2 rings (SSSR count). The van der Waals surface area contributed by atoms with Gasteiger partial charge in [-0.15, -0.1) is 0 Å². The molecule has 1 fully saturated rings. The molecular weight excluding hydrogens is 218 g/mol. The van der Waals surface area contributed by atoms with Crippen molar-refractivity contribution < 1.29 is 14.2 Å². The highest BCUT2D eigenvalue weighted by atomic mass is 16.5. The van der Waals surface area contributed by atoms with Crippen molar-refractivity contribution in [3.8, 4) is 11.5 Å². The molecule has 1 aliphatic rings. The summed E-state index contributed by atoms with van der Waals surface area (Å²) in [7, 11) is 3.35. The third kappa shape index (κ3) is 2.10. The zero-order chi connectivity index (χ0) is 12.3. The van der Waals surface area contributed by atoms with Crippen molar-refractivity contribution in [1.29, 1.82) is 0 Å². The number of ether oxygens (including phenoxy) is 3. The van der Waals surface area contributed by atoms with E-state index in [4.69, 9.17) is 19.9 Å². The normalized spacial score (nSPS) is 17.4. The molecule has 0 aromatic heterocycles. The summed E-state index contributed by atoms with van der Waals surface area (Å²) in [5.41, 5.74) is 6.83. The summed E-state index contributed by atoms with van der Waals surface area (Å²) in [6, 6.07) is 5.86. The van der Waals surface area contributed by atoms with E-state index in [2.05, 4.69) is 0 Å². The summed E-state index contributed by atoms with van der Waals surface area (Å²) in [6.45, 7) is 2.05. The van der Waals surface area contributed by atoms with Crippen molar-refractivity contribution in [2.24, 2.45) is 5.73 Å². The van der Waals surface area contributed by atoms with Crippen LogP contribution in [0.5, 0.6) is 11.5 Å². The second kappa shape index (κ2) is 4.94. The van der Waals surface area contributed by atoms with E-state index in [0.717, 1.165) is 23.5 Å². The lowest BCUT2D eigenvalue weighted by atomic mass is 9.75. The molecule has 1 heterocycles. The standard InChI is InChI=1S/C13H19NO3/c1-15-10-3-4-12(16-2)11(7-10)13(5-6-14)8-17-9-13/h3-4,7H,5-6,8-9,14H2,1-2H3. The lowest BCUT2D eigenvalue weighted by molar-refractivity contribution is -0.0640. The van der Waals surface area contributed by atoms with Crippen molar-refractivity contribution in [3.05, 3.63) is 23.8 Å². The third-order valence-electron chi connectivity index (χ3n) is 3.36. The summed E-state index contributed by atoms with van der Waals surface area (Å²) in [4.78, 5) is 0. The first-order valence-corrected chi connectivity index (χ1v) is 5.76. The van der Waals surface area contributed by atoms with Gasteiger partial charge in [0.15, 0.2) is 0 Å². The number of methoxy groups -OCH3 is 2. The fourth-order valence-electron chi connectivity index (χ4n) is 2.29. The summed E-state index contributed by atoms with van der Waals surface area (Å²) in [5, 5.41) is 0. The molecule has 0 radical (unpaired) electrons. The Morgan fingerprint density at radius 2 is 2.06 bits per heavy atom. The number of nitrogens with two attached hydrogens (primary N) is 1. The van der Waals surface area contributed by atoms with E-state index >= 15 is 0 Å². The lowest BCUT2D eigenvalue weighted by Gasteiger charge is -2.42. The van der Waals surface area contributed by atoms with Crippen LogP contribution >= 0.6 is 0 Å². The highest BCUT2D eigenvalue weighted by Gasteiger charge is 2.41. The Hall–Kier alpha value is -1.26. The second-order valence-electron chi connectivity index (χ2n) is 4.38. The van der Waals surface area contributed by atoms with Crippen LogP contribution in [-0.2, 0) is 10.2 Å². The zero-order valence-corrected chi connectivity index (χ0v) is 10.4. The van der Waals surface area contributed by atoms with E-state index in [1.54, 1.807) is 14.2 Å². The van der Waals surface area contributed by atoms with Gasteiger partial charge >= 0.3 is 0 Å². The van der Waals surface area contributed by atoms with Crippen LogP contribution in [0.25, 0.3) is 0 Å². The van der Waals surface area contributed by atoms with Crippen LogP contribution in [0.3, 0.4) is 0 Å². The average Bonchev–Trinajstić information content (AvgIpc) is 2.33. The fraction of sp³-hybridized carbons (Fsp3) is 0.538. The fourth-order valence-corrected chi connectivity index (χ4v) is 2.29. The first-order chi connectivity index (χ1) is 8.25. The topological polar surface area (TPSA) is 53.7 Å². The van der Waals surface area contributed by atoms with Crippen LogP contribution in [0.15, 0.2) is 18.2 Å². The average molecular weight is 237 g/mol. The number of benzene rings is 1. The minimum atomic E-state index is -0.00532. The maximum absolute atomic E-state index is 5.70. The van der Waals surface area contributed by atoms with Gasteiger partial charge in [0.2, 0.25) is 0 Å². The third-order valence-corrected chi connectivity index (χ3v) is 3.36. The maximum atomic E-state index is 5.70. The van der Waals surface area contributed by atoms with E-state index in [9.17, 15) is 0 Å². The molecule has 0 aliphatic carbocycles. The Labute approximate surface area is 102 Å². The number of hydrogen-bond donors (Lipinski definition) is 1. The molecule has 0 amide bonds. The van der Waals surface area contributed by atoms with Crippen LogP contribution in [-0.4, -0.2) is 34.0 Å². The number of hydrogen-bond acceptors (Lipinski definition) is 4. The quantitative estimate of drug-likeness (QED) is 0.839. The Bertz CT molecular complexity index is 388. The largest absolute Gasteiger partial charge is 0.497 e. The van der Waals surface area contributed by atoms with Gasteiger partial charge in [0.25, 0.3) is 0 Å². The van der Waals surface area contributed by atoms with Gasteiger partial charge in [-0.2, -0.15) is 0 Å². The molecule has 1 saturated heterocycles. The Kier molecular flexibility index (Phi) is 3.54. The molecule has 0 bridgehead atoms. The van der Waals surface area contributed by atoms with Crippen molar-refractivity contribution in [2.75, 3.05) is 34.0 Å². The Morgan fingerprint density at radius 1 is 1.29 bits per heavy atom. The maximum Gasteiger partial charge on any atom is 0.123 e. The van der Waals surface area contributed by atoms with Gasteiger partial charge in [-0.25, -0.2) is 0 Å². The number of rotatable bonds is 5. The van der Waals surface area contributed by atoms with Crippen LogP contribution in [0.2, 0.25) is 0 Å². The van der Waals surface area contributed by atoms with Gasteiger partial charge in [-0.1, -0.05) is 0 Å². The van der Waals surface area contributed by atoms with E-state index in [0.29, 0.717) is 19.8 Å². The minimum Gasteiger partial charge on any atom is -0.497 e. The van der Waals surface area contributed by atoms with E-state index in [1.165, 1.54) is 0 Å². The smallest absolute Gasteiger partial charge is 0.123 e. The molecule has 1 aliphatic heterocycles. The van der Waals surface area contributed by atoms with Gasteiger partial charge in [0.1, 0.15) is 11.5 Å². The van der Waals surface area contributed by atoms with E-state index in [-0.39, 0.29) is 5.41 Å². The highest BCUT2D eigenvalue weighted by molar-refractivity contribution is 5.46. The van der Waals surface area contributed by atoms with Crippen LogP contribution < -0.4 is 15.2 Å². The van der Waals surface area contributed by atoms with Gasteiger partial charge in [0, 0.05) is 11.0 Å². The van der Waals surface area contributed by atoms with Gasteiger partial charge in [-0.3, -0.25) is 0 Å². The van der Waals surface area contributed by atoms with Crippen molar-refractivity contribution in [2.45, 2.75) is 11.8 Å². The molecular formula is C13H19NO3. The van der Waals surface area contributed by atoms with Crippen molar-refractivity contribution in [1.82, 2.24) is 0 Å². The molecule has 17 heavy (non-hydrogen) atoms. The minimum absolute atomic E-state index is 0.00532. The van der Waals surface area contributed by atoms with Crippen LogP contribution in [0.4, 0.5) is 0 Å². The van der Waals surface area contributed by atoms with Crippen molar-refractivity contribution in [3.63, 3.8) is 0 Å². The SMILES string of the molecule is COc1ccc(OC)c(C2(CCN)COC2)c1. The summed E-state index contributed by atoms with van der Waals surface area (Å²) >= 11 is 0. The Balaban J connectivity index is 2.40. The molecule has 0 spiro atoms. The molecule has 4 nitrogen and oxygen atoms in total. The Morgan fingerprint density at radius 3 is 2.53 bits per heavy atom. The summed E-state index contributed by atoms with van der Waals surface area (Å²) < 4.78 is 16.1. The van der Waals surface area contributed by atoms with Gasteiger partial charge in [-0.05, 0) is 31.2 Å². The molecule has 94 valence electrons. The van der Waals surface area contributed by atoms with Crippen LogP contribution in [0, 0.1) is 0 Å². The lowest BCUT2D eigenvalue weighted by Crippen LogP contribution is -2.48. The second-order valence-corrected chi connectivity index (χ2v) is 4.38. The first-order valence-electron chi connectivity index (χ1n) is 5.76. The summed E-state index contributed by atoms with van der Waals surface area (Å²) in [5.74, 6) is 1.71. The van der Waals surface area contributed by atoms with Crippen molar-refractivity contribution >= 4 is 0 Å². The molecule has 0 atom stereocenters.